The maximum Gasteiger partial charge on any atom is 0.264 e. The van der Waals surface area contributed by atoms with E-state index in [4.69, 9.17) is 11.6 Å². The Labute approximate surface area is 271 Å². The van der Waals surface area contributed by atoms with Crippen molar-refractivity contribution in [2.24, 2.45) is 0 Å². The van der Waals surface area contributed by atoms with Crippen LogP contribution in [0.2, 0.25) is 5.02 Å². The van der Waals surface area contributed by atoms with Gasteiger partial charge < -0.3 is 10.2 Å². The summed E-state index contributed by atoms with van der Waals surface area (Å²) in [5, 5.41) is 3.45. The van der Waals surface area contributed by atoms with Gasteiger partial charge in [0.15, 0.2) is 0 Å². The van der Waals surface area contributed by atoms with Gasteiger partial charge in [-0.05, 0) is 74.2 Å². The molecule has 0 saturated carbocycles. The number of para-hydroxylation sites is 1. The van der Waals surface area contributed by atoms with E-state index in [0.717, 1.165) is 27.4 Å². The molecule has 0 spiro atoms. The lowest BCUT2D eigenvalue weighted by Gasteiger charge is -2.34. The van der Waals surface area contributed by atoms with Gasteiger partial charge >= 0.3 is 0 Å². The van der Waals surface area contributed by atoms with Crippen LogP contribution in [0.3, 0.4) is 0 Å². The van der Waals surface area contributed by atoms with E-state index in [1.54, 1.807) is 25.1 Å². The summed E-state index contributed by atoms with van der Waals surface area (Å²) in [6.45, 7) is 7.28. The SMILES string of the molecule is CC[C@@H](C)NC(=O)[C@@H](Cc1ccccc1)N(Cc1ccc(C)cc1)C(=O)CN(c1ccccc1C)S(=O)(=O)c1ccc(Cl)cc1. The fourth-order valence-electron chi connectivity index (χ4n) is 4.98. The lowest BCUT2D eigenvalue weighted by atomic mass is 10.0. The molecule has 0 saturated heterocycles. The summed E-state index contributed by atoms with van der Waals surface area (Å²) in [6, 6.07) is 29.1. The highest BCUT2D eigenvalue weighted by Crippen LogP contribution is 2.28. The van der Waals surface area contributed by atoms with Crippen molar-refractivity contribution in [3.8, 4) is 0 Å². The van der Waals surface area contributed by atoms with Crippen LogP contribution in [-0.2, 0) is 32.6 Å². The van der Waals surface area contributed by atoms with E-state index in [0.29, 0.717) is 16.3 Å². The number of nitrogens with one attached hydrogen (secondary N) is 1. The molecule has 0 unspecified atom stereocenters. The minimum atomic E-state index is -4.20. The van der Waals surface area contributed by atoms with Crippen LogP contribution in [-0.4, -0.2) is 43.8 Å². The van der Waals surface area contributed by atoms with Gasteiger partial charge in [-0.25, -0.2) is 8.42 Å². The number of benzene rings is 4. The number of amides is 2. The molecule has 1 N–H and O–H groups in total. The smallest absolute Gasteiger partial charge is 0.264 e. The average molecular weight is 646 g/mol. The average Bonchev–Trinajstić information content (AvgIpc) is 3.03. The molecule has 7 nitrogen and oxygen atoms in total. The molecule has 0 heterocycles. The van der Waals surface area contributed by atoms with Crippen molar-refractivity contribution in [1.29, 1.82) is 0 Å². The molecule has 4 rings (SSSR count). The van der Waals surface area contributed by atoms with Crippen LogP contribution in [0.1, 0.15) is 42.5 Å². The fraction of sp³-hybridized carbons (Fsp3) is 0.278. The maximum atomic E-state index is 14.6. The van der Waals surface area contributed by atoms with Crippen LogP contribution < -0.4 is 9.62 Å². The number of anilines is 1. The van der Waals surface area contributed by atoms with E-state index in [2.05, 4.69) is 5.32 Å². The number of sulfonamides is 1. The highest BCUT2D eigenvalue weighted by atomic mass is 35.5. The van der Waals surface area contributed by atoms with Crippen molar-refractivity contribution in [2.45, 2.75) is 64.1 Å². The summed E-state index contributed by atoms with van der Waals surface area (Å²) in [6.07, 6.45) is 0.977. The third-order valence-electron chi connectivity index (χ3n) is 7.81. The molecule has 0 fully saturated rings. The van der Waals surface area contributed by atoms with Crippen molar-refractivity contribution in [2.75, 3.05) is 10.8 Å². The normalized spacial score (nSPS) is 12.6. The second kappa shape index (κ2) is 15.2. The van der Waals surface area contributed by atoms with E-state index in [1.807, 2.05) is 81.4 Å². The zero-order chi connectivity index (χ0) is 32.6. The van der Waals surface area contributed by atoms with Gasteiger partial charge in [0.25, 0.3) is 10.0 Å². The summed E-state index contributed by atoms with van der Waals surface area (Å²) in [7, 11) is -4.20. The number of hydrogen-bond acceptors (Lipinski definition) is 4. The van der Waals surface area contributed by atoms with Gasteiger partial charge in [0.1, 0.15) is 12.6 Å². The van der Waals surface area contributed by atoms with Crippen LogP contribution in [0.4, 0.5) is 5.69 Å². The molecular formula is C36H40ClN3O4S. The van der Waals surface area contributed by atoms with E-state index < -0.39 is 28.5 Å². The van der Waals surface area contributed by atoms with Gasteiger partial charge in [0, 0.05) is 24.0 Å². The number of carbonyl (C=O) groups excluding carboxylic acids is 2. The van der Waals surface area contributed by atoms with Crippen molar-refractivity contribution in [1.82, 2.24) is 10.2 Å². The summed E-state index contributed by atoms with van der Waals surface area (Å²) in [5.74, 6) is -0.798. The molecule has 0 bridgehead atoms. The predicted molar refractivity (Wildman–Crippen MR) is 181 cm³/mol. The monoisotopic (exact) mass is 645 g/mol. The lowest BCUT2D eigenvalue weighted by molar-refractivity contribution is -0.140. The van der Waals surface area contributed by atoms with Crippen LogP contribution in [0.15, 0.2) is 108 Å². The molecular weight excluding hydrogens is 606 g/mol. The summed E-state index contributed by atoms with van der Waals surface area (Å²) in [4.78, 5) is 30.0. The minimum Gasteiger partial charge on any atom is -0.352 e. The molecule has 236 valence electrons. The zero-order valence-corrected chi connectivity index (χ0v) is 27.7. The van der Waals surface area contributed by atoms with Gasteiger partial charge in [0.2, 0.25) is 11.8 Å². The van der Waals surface area contributed by atoms with Gasteiger partial charge in [0.05, 0.1) is 10.6 Å². The first-order valence-corrected chi connectivity index (χ1v) is 16.8. The molecule has 4 aromatic carbocycles. The Morgan fingerprint density at radius 2 is 1.44 bits per heavy atom. The fourth-order valence-corrected chi connectivity index (χ4v) is 6.58. The number of rotatable bonds is 13. The Bertz CT molecular complexity index is 1690. The Morgan fingerprint density at radius 1 is 0.822 bits per heavy atom. The summed E-state index contributed by atoms with van der Waals surface area (Å²) < 4.78 is 29.5. The number of nitrogens with zero attached hydrogens (tertiary/aromatic N) is 2. The third kappa shape index (κ3) is 8.74. The predicted octanol–water partition coefficient (Wildman–Crippen LogP) is 6.71. The van der Waals surface area contributed by atoms with E-state index in [9.17, 15) is 18.0 Å². The van der Waals surface area contributed by atoms with Gasteiger partial charge in [-0.1, -0.05) is 96.9 Å². The molecule has 9 heteroatoms. The topological polar surface area (TPSA) is 86.8 Å². The van der Waals surface area contributed by atoms with E-state index in [1.165, 1.54) is 29.2 Å². The highest BCUT2D eigenvalue weighted by Gasteiger charge is 2.35. The van der Waals surface area contributed by atoms with Crippen molar-refractivity contribution in [3.63, 3.8) is 0 Å². The quantitative estimate of drug-likeness (QED) is 0.175. The maximum absolute atomic E-state index is 14.6. The summed E-state index contributed by atoms with van der Waals surface area (Å²) in [5.41, 5.74) is 3.83. The molecule has 0 aliphatic carbocycles. The first-order chi connectivity index (χ1) is 21.5. The third-order valence-corrected chi connectivity index (χ3v) is 9.84. The second-order valence-corrected chi connectivity index (χ2v) is 13.6. The van der Waals surface area contributed by atoms with E-state index in [-0.39, 0.29) is 29.8 Å². The molecule has 0 radical (unpaired) electrons. The van der Waals surface area contributed by atoms with Crippen molar-refractivity contribution in [3.05, 3.63) is 130 Å². The Kier molecular flexibility index (Phi) is 11.4. The lowest BCUT2D eigenvalue weighted by Crippen LogP contribution is -2.54. The largest absolute Gasteiger partial charge is 0.352 e. The van der Waals surface area contributed by atoms with Gasteiger partial charge in [-0.2, -0.15) is 0 Å². The van der Waals surface area contributed by atoms with Gasteiger partial charge in [-0.3, -0.25) is 13.9 Å². The van der Waals surface area contributed by atoms with Crippen molar-refractivity contribution < 1.29 is 18.0 Å². The molecule has 0 aliphatic rings. The second-order valence-electron chi connectivity index (χ2n) is 11.3. The number of hydrogen-bond donors (Lipinski definition) is 1. The molecule has 4 aromatic rings. The van der Waals surface area contributed by atoms with Crippen LogP contribution >= 0.6 is 11.6 Å². The standard InChI is InChI=1S/C36H40ClN3O4S/c1-5-28(4)38-36(42)34(23-29-12-7-6-8-13-29)39(24-30-17-15-26(2)16-18-30)35(41)25-40(33-14-10-9-11-27(33)3)45(43,44)32-21-19-31(37)20-22-32/h6-22,28,34H,5,23-25H2,1-4H3,(H,38,42)/t28-,34-/m1/s1. The Hall–Kier alpha value is -4.14. The summed E-state index contributed by atoms with van der Waals surface area (Å²) >= 11 is 6.07. The minimum absolute atomic E-state index is 0.00314. The number of halogens is 1. The molecule has 0 aliphatic heterocycles. The number of aryl methyl sites for hydroxylation is 2. The van der Waals surface area contributed by atoms with Gasteiger partial charge in [-0.15, -0.1) is 0 Å². The Balaban J connectivity index is 1.81. The van der Waals surface area contributed by atoms with Crippen LogP contribution in [0.25, 0.3) is 0 Å². The molecule has 45 heavy (non-hydrogen) atoms. The first kappa shape index (κ1) is 33.7. The molecule has 2 atom stereocenters. The first-order valence-electron chi connectivity index (χ1n) is 15.0. The number of carbonyl (C=O) groups is 2. The highest BCUT2D eigenvalue weighted by molar-refractivity contribution is 7.92. The Morgan fingerprint density at radius 3 is 2.07 bits per heavy atom. The molecule has 2 amide bonds. The van der Waals surface area contributed by atoms with Crippen molar-refractivity contribution >= 4 is 39.1 Å². The van der Waals surface area contributed by atoms with Crippen LogP contribution in [0, 0.1) is 13.8 Å². The molecule has 0 aromatic heterocycles. The zero-order valence-electron chi connectivity index (χ0n) is 26.1. The van der Waals surface area contributed by atoms with E-state index >= 15 is 0 Å². The van der Waals surface area contributed by atoms with Crippen LogP contribution in [0.5, 0.6) is 0 Å².